The van der Waals surface area contributed by atoms with E-state index in [-0.39, 0.29) is 11.5 Å². The van der Waals surface area contributed by atoms with Crippen molar-refractivity contribution in [2.24, 2.45) is 11.3 Å². The lowest BCUT2D eigenvalue weighted by molar-refractivity contribution is 0.0158. The van der Waals surface area contributed by atoms with Crippen LogP contribution in [0.1, 0.15) is 38.5 Å². The Labute approximate surface area is 98.5 Å². The van der Waals surface area contributed by atoms with E-state index < -0.39 is 0 Å². The minimum atomic E-state index is -0.0447. The third-order valence-corrected chi connectivity index (χ3v) is 4.39. The second kappa shape index (κ2) is 5.03. The molecule has 2 saturated carbocycles. The maximum atomic E-state index is 9.55. The summed E-state index contributed by atoms with van der Waals surface area (Å²) < 4.78 is 0. The molecule has 3 nitrogen and oxygen atoms in total. The Morgan fingerprint density at radius 1 is 1.25 bits per heavy atom. The smallest absolute Gasteiger partial charge is 0.0546 e. The van der Waals surface area contributed by atoms with Gasteiger partial charge in [0.15, 0.2) is 0 Å². The lowest BCUT2D eigenvalue weighted by atomic mass is 9.81. The number of nitrogens with zero attached hydrogens (tertiary/aromatic N) is 1. The van der Waals surface area contributed by atoms with E-state index in [1.165, 1.54) is 25.7 Å². The van der Waals surface area contributed by atoms with Crippen molar-refractivity contribution in [3.8, 4) is 0 Å². The number of hydrogen-bond acceptors (Lipinski definition) is 3. The molecule has 0 aromatic carbocycles. The van der Waals surface area contributed by atoms with Gasteiger partial charge >= 0.3 is 0 Å². The Kier molecular flexibility index (Phi) is 3.88. The first-order valence-corrected chi connectivity index (χ1v) is 6.61. The fraction of sp³-hybridized carbons (Fsp3) is 1.00. The van der Waals surface area contributed by atoms with Gasteiger partial charge in [-0.2, -0.15) is 0 Å². The first kappa shape index (κ1) is 12.3. The lowest BCUT2D eigenvalue weighted by Gasteiger charge is -2.38. The van der Waals surface area contributed by atoms with Gasteiger partial charge in [0.1, 0.15) is 0 Å². The third-order valence-electron chi connectivity index (χ3n) is 4.39. The molecule has 0 heterocycles. The Morgan fingerprint density at radius 2 is 1.88 bits per heavy atom. The number of hydrogen-bond donors (Lipinski definition) is 2. The molecule has 0 aromatic rings. The molecule has 0 bridgehead atoms. The van der Waals surface area contributed by atoms with Crippen LogP contribution >= 0.6 is 0 Å². The van der Waals surface area contributed by atoms with Crippen LogP contribution in [-0.2, 0) is 0 Å². The van der Waals surface area contributed by atoms with Crippen molar-refractivity contribution >= 4 is 0 Å². The largest absolute Gasteiger partial charge is 0.396 e. The van der Waals surface area contributed by atoms with Crippen LogP contribution < -0.4 is 0 Å². The van der Waals surface area contributed by atoms with E-state index in [0.717, 1.165) is 25.9 Å². The Hall–Kier alpha value is -0.120. The van der Waals surface area contributed by atoms with E-state index in [2.05, 4.69) is 11.9 Å². The number of aliphatic hydroxyl groups excluding tert-OH is 2. The van der Waals surface area contributed by atoms with Gasteiger partial charge in [-0.05, 0) is 38.6 Å². The van der Waals surface area contributed by atoms with Crippen LogP contribution in [0.3, 0.4) is 0 Å². The van der Waals surface area contributed by atoms with Crippen molar-refractivity contribution in [2.45, 2.75) is 44.6 Å². The van der Waals surface area contributed by atoms with Crippen molar-refractivity contribution in [3.63, 3.8) is 0 Å². The monoisotopic (exact) mass is 227 g/mol. The van der Waals surface area contributed by atoms with Crippen LogP contribution in [0.25, 0.3) is 0 Å². The molecule has 0 aliphatic heterocycles. The second-order valence-corrected chi connectivity index (χ2v) is 6.05. The van der Waals surface area contributed by atoms with Crippen LogP contribution in [0.15, 0.2) is 0 Å². The van der Waals surface area contributed by atoms with Gasteiger partial charge in [0.25, 0.3) is 0 Å². The van der Waals surface area contributed by atoms with Crippen LogP contribution in [-0.4, -0.2) is 48.0 Å². The summed E-state index contributed by atoms with van der Waals surface area (Å²) in [5.41, 5.74) is 0.178. The third kappa shape index (κ3) is 2.76. The molecular weight excluding hydrogens is 202 g/mol. The quantitative estimate of drug-likeness (QED) is 0.743. The number of aliphatic hydroxyl groups is 2. The summed E-state index contributed by atoms with van der Waals surface area (Å²) in [5, 5.41) is 18.8. The molecule has 2 aliphatic carbocycles. The van der Waals surface area contributed by atoms with E-state index in [4.69, 9.17) is 0 Å². The molecule has 3 heteroatoms. The summed E-state index contributed by atoms with van der Waals surface area (Å²) in [4.78, 5) is 2.36. The summed E-state index contributed by atoms with van der Waals surface area (Å²) in [7, 11) is 2.15. The SMILES string of the molecule is CN(CC1CC(O)C1)CC1(CO)CCCC1. The van der Waals surface area contributed by atoms with Gasteiger partial charge < -0.3 is 15.1 Å². The normalized spacial score (nSPS) is 33.0. The molecule has 0 unspecified atom stereocenters. The van der Waals surface area contributed by atoms with Crippen LogP contribution in [0.2, 0.25) is 0 Å². The highest BCUT2D eigenvalue weighted by molar-refractivity contribution is 4.88. The highest BCUT2D eigenvalue weighted by atomic mass is 16.3. The zero-order valence-corrected chi connectivity index (χ0v) is 10.4. The van der Waals surface area contributed by atoms with E-state index >= 15 is 0 Å². The van der Waals surface area contributed by atoms with E-state index in [1.54, 1.807) is 0 Å². The van der Waals surface area contributed by atoms with Crippen molar-refractivity contribution in [1.82, 2.24) is 4.90 Å². The first-order chi connectivity index (χ1) is 7.63. The summed E-state index contributed by atoms with van der Waals surface area (Å²) in [6.45, 7) is 2.44. The Bertz CT molecular complexity index is 220. The zero-order chi connectivity index (χ0) is 11.6. The molecule has 0 amide bonds. The first-order valence-electron chi connectivity index (χ1n) is 6.61. The lowest BCUT2D eigenvalue weighted by Crippen LogP contribution is -2.42. The van der Waals surface area contributed by atoms with Gasteiger partial charge in [0.05, 0.1) is 6.10 Å². The summed E-state index contributed by atoms with van der Waals surface area (Å²) in [6.07, 6.45) is 6.80. The minimum absolute atomic E-state index is 0.0447. The predicted molar refractivity (Wildman–Crippen MR) is 64.2 cm³/mol. The van der Waals surface area contributed by atoms with E-state index in [9.17, 15) is 10.2 Å². The molecule has 0 atom stereocenters. The van der Waals surface area contributed by atoms with Crippen molar-refractivity contribution in [3.05, 3.63) is 0 Å². The molecular formula is C13H25NO2. The standard InChI is InChI=1S/C13H25NO2/c1-14(8-11-6-12(16)7-11)9-13(10-15)4-2-3-5-13/h11-12,15-16H,2-10H2,1H3. The number of rotatable bonds is 5. The maximum absolute atomic E-state index is 9.55. The van der Waals surface area contributed by atoms with Crippen molar-refractivity contribution in [1.29, 1.82) is 0 Å². The topological polar surface area (TPSA) is 43.7 Å². The average molecular weight is 227 g/mol. The van der Waals surface area contributed by atoms with Crippen molar-refractivity contribution in [2.75, 3.05) is 26.7 Å². The molecule has 0 spiro atoms. The van der Waals surface area contributed by atoms with Gasteiger partial charge in [0.2, 0.25) is 0 Å². The van der Waals surface area contributed by atoms with Crippen molar-refractivity contribution < 1.29 is 10.2 Å². The van der Waals surface area contributed by atoms with Gasteiger partial charge in [0, 0.05) is 25.1 Å². The van der Waals surface area contributed by atoms with Crippen LogP contribution in [0, 0.1) is 11.3 Å². The fourth-order valence-corrected chi connectivity index (χ4v) is 3.42. The molecule has 0 aromatic heterocycles. The Morgan fingerprint density at radius 3 is 2.38 bits per heavy atom. The molecule has 2 rings (SSSR count). The fourth-order valence-electron chi connectivity index (χ4n) is 3.42. The predicted octanol–water partition coefficient (Wildman–Crippen LogP) is 1.24. The minimum Gasteiger partial charge on any atom is -0.396 e. The van der Waals surface area contributed by atoms with Gasteiger partial charge in [-0.15, -0.1) is 0 Å². The van der Waals surface area contributed by atoms with Gasteiger partial charge in [-0.1, -0.05) is 12.8 Å². The zero-order valence-electron chi connectivity index (χ0n) is 10.4. The van der Waals surface area contributed by atoms with E-state index in [0.29, 0.717) is 12.5 Å². The van der Waals surface area contributed by atoms with Crippen LogP contribution in [0.5, 0.6) is 0 Å². The van der Waals surface area contributed by atoms with Crippen LogP contribution in [0.4, 0.5) is 0 Å². The molecule has 2 fully saturated rings. The van der Waals surface area contributed by atoms with E-state index in [1.807, 2.05) is 0 Å². The summed E-state index contributed by atoms with van der Waals surface area (Å²) >= 11 is 0. The molecule has 94 valence electrons. The molecule has 2 aliphatic rings. The molecule has 0 saturated heterocycles. The summed E-state index contributed by atoms with van der Waals surface area (Å²) in [5.74, 6) is 0.678. The summed E-state index contributed by atoms with van der Waals surface area (Å²) in [6, 6.07) is 0. The van der Waals surface area contributed by atoms with Gasteiger partial charge in [-0.3, -0.25) is 0 Å². The van der Waals surface area contributed by atoms with Gasteiger partial charge in [-0.25, -0.2) is 0 Å². The Balaban J connectivity index is 1.75. The molecule has 0 radical (unpaired) electrons. The average Bonchev–Trinajstić information content (AvgIpc) is 2.65. The maximum Gasteiger partial charge on any atom is 0.0546 e. The molecule has 2 N–H and O–H groups in total. The highest BCUT2D eigenvalue weighted by Crippen LogP contribution is 2.38. The highest BCUT2D eigenvalue weighted by Gasteiger charge is 2.35. The molecule has 16 heavy (non-hydrogen) atoms. The second-order valence-electron chi connectivity index (χ2n) is 6.05.